The van der Waals surface area contributed by atoms with E-state index in [0.717, 1.165) is 0 Å². The maximum absolute atomic E-state index is 3.55. The second-order valence-corrected chi connectivity index (χ2v) is 5.53. The predicted molar refractivity (Wildman–Crippen MR) is 74.8 cm³/mol. The zero-order valence-corrected chi connectivity index (χ0v) is 11.4. The van der Waals surface area contributed by atoms with E-state index in [1.165, 1.54) is 43.9 Å². The van der Waals surface area contributed by atoms with Crippen LogP contribution in [0.1, 0.15) is 17.2 Å². The lowest BCUT2D eigenvalue weighted by Crippen LogP contribution is -2.63. The van der Waals surface area contributed by atoms with E-state index in [0.29, 0.717) is 12.1 Å². The Bertz CT molecular complexity index is 410. The number of aryl methyl sites for hydroxylation is 1. The molecule has 0 spiro atoms. The first-order valence-corrected chi connectivity index (χ1v) is 6.99. The molecule has 2 bridgehead atoms. The lowest BCUT2D eigenvalue weighted by molar-refractivity contribution is -0.00263. The van der Waals surface area contributed by atoms with Crippen molar-refractivity contribution in [2.75, 3.05) is 39.8 Å². The van der Waals surface area contributed by atoms with Gasteiger partial charge < -0.3 is 5.32 Å². The van der Waals surface area contributed by atoms with Gasteiger partial charge in [0, 0.05) is 44.8 Å². The first-order valence-electron chi connectivity index (χ1n) is 6.99. The Hall–Kier alpha value is -0.900. The third kappa shape index (κ3) is 2.07. The molecule has 2 unspecified atom stereocenters. The fraction of sp³-hybridized carbons (Fsp3) is 0.600. The summed E-state index contributed by atoms with van der Waals surface area (Å²) in [5, 5.41) is 3.55. The monoisotopic (exact) mass is 245 g/mol. The maximum Gasteiger partial charge on any atom is 0.0490 e. The maximum atomic E-state index is 3.55. The summed E-state index contributed by atoms with van der Waals surface area (Å²) in [4.78, 5) is 5.26. The van der Waals surface area contributed by atoms with Gasteiger partial charge in [0.05, 0.1) is 0 Å². The minimum Gasteiger partial charge on any atom is -0.312 e. The van der Waals surface area contributed by atoms with Crippen LogP contribution in [0.25, 0.3) is 0 Å². The first-order chi connectivity index (χ1) is 8.79. The Morgan fingerprint density at radius 2 is 1.89 bits per heavy atom. The molecular formula is C15H23N3. The molecule has 2 atom stereocenters. The Morgan fingerprint density at radius 1 is 1.17 bits per heavy atom. The summed E-state index contributed by atoms with van der Waals surface area (Å²) in [6.07, 6.45) is 0. The van der Waals surface area contributed by atoms with E-state index in [1.54, 1.807) is 0 Å². The zero-order chi connectivity index (χ0) is 12.5. The van der Waals surface area contributed by atoms with Gasteiger partial charge in [0.25, 0.3) is 0 Å². The van der Waals surface area contributed by atoms with Crippen LogP contribution in [0.2, 0.25) is 0 Å². The third-order valence-corrected chi connectivity index (χ3v) is 4.54. The largest absolute Gasteiger partial charge is 0.312 e. The molecule has 3 heterocycles. The molecule has 0 radical (unpaired) electrons. The molecular weight excluding hydrogens is 222 g/mol. The molecule has 98 valence electrons. The highest BCUT2D eigenvalue weighted by molar-refractivity contribution is 5.30. The summed E-state index contributed by atoms with van der Waals surface area (Å²) in [6.45, 7) is 8.39. The number of piperazine rings is 3. The molecule has 0 saturated carbocycles. The van der Waals surface area contributed by atoms with Crippen molar-refractivity contribution >= 4 is 0 Å². The smallest absolute Gasteiger partial charge is 0.0490 e. The molecule has 3 saturated heterocycles. The number of fused-ring (bicyclic) bond motifs is 3. The molecule has 0 aliphatic carbocycles. The van der Waals surface area contributed by atoms with Crippen molar-refractivity contribution in [2.24, 2.45) is 0 Å². The van der Waals surface area contributed by atoms with Crippen LogP contribution in [0.5, 0.6) is 0 Å². The summed E-state index contributed by atoms with van der Waals surface area (Å²) in [5.41, 5.74) is 2.85. The minimum absolute atomic E-state index is 0.453. The molecule has 1 aromatic rings. The Kier molecular flexibility index (Phi) is 3.37. The standard InChI is InChI=1S/C15H23N3/c1-12-5-3-4-6-13(12)15(16-2)14-11-17-7-9-18(14)10-8-17/h3-6,14-16H,7-11H2,1-2H3. The predicted octanol–water partition coefficient (Wildman–Crippen LogP) is 1.26. The van der Waals surface area contributed by atoms with Crippen LogP contribution in [-0.2, 0) is 0 Å². The highest BCUT2D eigenvalue weighted by Crippen LogP contribution is 2.28. The molecule has 3 heteroatoms. The van der Waals surface area contributed by atoms with Crippen LogP contribution in [-0.4, -0.2) is 55.6 Å². The van der Waals surface area contributed by atoms with E-state index in [9.17, 15) is 0 Å². The highest BCUT2D eigenvalue weighted by Gasteiger charge is 2.37. The van der Waals surface area contributed by atoms with Crippen molar-refractivity contribution in [3.8, 4) is 0 Å². The summed E-state index contributed by atoms with van der Waals surface area (Å²) in [6, 6.07) is 9.85. The SMILES string of the molecule is CNC(c1ccccc1C)C1CN2CCN1CC2. The number of hydrogen-bond acceptors (Lipinski definition) is 3. The molecule has 4 rings (SSSR count). The fourth-order valence-electron chi connectivity index (χ4n) is 3.46. The van der Waals surface area contributed by atoms with Gasteiger partial charge in [-0.25, -0.2) is 0 Å². The van der Waals surface area contributed by atoms with Crippen molar-refractivity contribution < 1.29 is 0 Å². The van der Waals surface area contributed by atoms with Crippen molar-refractivity contribution in [1.82, 2.24) is 15.1 Å². The van der Waals surface area contributed by atoms with Crippen molar-refractivity contribution in [2.45, 2.75) is 19.0 Å². The number of nitrogens with zero attached hydrogens (tertiary/aromatic N) is 2. The molecule has 3 fully saturated rings. The summed E-state index contributed by atoms with van der Waals surface area (Å²) in [7, 11) is 2.09. The Balaban J connectivity index is 1.87. The van der Waals surface area contributed by atoms with Crippen LogP contribution in [0.15, 0.2) is 24.3 Å². The zero-order valence-electron chi connectivity index (χ0n) is 11.4. The lowest BCUT2D eigenvalue weighted by Gasteiger charge is -2.50. The van der Waals surface area contributed by atoms with Gasteiger partial charge in [0.1, 0.15) is 0 Å². The Labute approximate surface area is 110 Å². The number of likely N-dealkylation sites (N-methyl/N-ethyl adjacent to an activating group) is 1. The van der Waals surface area contributed by atoms with E-state index in [1.807, 2.05) is 0 Å². The Morgan fingerprint density at radius 3 is 2.44 bits per heavy atom. The number of benzene rings is 1. The van der Waals surface area contributed by atoms with Gasteiger partial charge in [-0.3, -0.25) is 9.80 Å². The van der Waals surface area contributed by atoms with Gasteiger partial charge in [0.15, 0.2) is 0 Å². The quantitative estimate of drug-likeness (QED) is 0.865. The number of nitrogens with one attached hydrogen (secondary N) is 1. The molecule has 3 aliphatic rings. The van der Waals surface area contributed by atoms with Crippen LogP contribution < -0.4 is 5.32 Å². The van der Waals surface area contributed by atoms with E-state index in [2.05, 4.69) is 53.4 Å². The van der Waals surface area contributed by atoms with Gasteiger partial charge in [-0.2, -0.15) is 0 Å². The van der Waals surface area contributed by atoms with E-state index >= 15 is 0 Å². The molecule has 3 aliphatic heterocycles. The molecule has 0 amide bonds. The fourth-order valence-corrected chi connectivity index (χ4v) is 3.46. The van der Waals surface area contributed by atoms with Crippen LogP contribution in [0.4, 0.5) is 0 Å². The molecule has 1 aromatic carbocycles. The van der Waals surface area contributed by atoms with Gasteiger partial charge in [-0.1, -0.05) is 24.3 Å². The topological polar surface area (TPSA) is 18.5 Å². The summed E-state index contributed by atoms with van der Waals surface area (Å²) >= 11 is 0. The first kappa shape index (κ1) is 12.2. The van der Waals surface area contributed by atoms with Gasteiger partial charge in [-0.05, 0) is 25.1 Å². The van der Waals surface area contributed by atoms with Crippen molar-refractivity contribution in [1.29, 1.82) is 0 Å². The van der Waals surface area contributed by atoms with Crippen LogP contribution in [0.3, 0.4) is 0 Å². The molecule has 0 aromatic heterocycles. The molecule has 3 nitrogen and oxygen atoms in total. The van der Waals surface area contributed by atoms with Crippen molar-refractivity contribution in [3.63, 3.8) is 0 Å². The summed E-state index contributed by atoms with van der Waals surface area (Å²) < 4.78 is 0. The normalized spacial score (nSPS) is 32.4. The second kappa shape index (κ2) is 5.00. The average molecular weight is 245 g/mol. The molecule has 18 heavy (non-hydrogen) atoms. The van der Waals surface area contributed by atoms with E-state index in [4.69, 9.17) is 0 Å². The minimum atomic E-state index is 0.453. The van der Waals surface area contributed by atoms with Crippen LogP contribution >= 0.6 is 0 Å². The van der Waals surface area contributed by atoms with Crippen molar-refractivity contribution in [3.05, 3.63) is 35.4 Å². The summed E-state index contributed by atoms with van der Waals surface area (Å²) in [5.74, 6) is 0. The van der Waals surface area contributed by atoms with Gasteiger partial charge in [-0.15, -0.1) is 0 Å². The van der Waals surface area contributed by atoms with Crippen LogP contribution in [0, 0.1) is 6.92 Å². The van der Waals surface area contributed by atoms with Gasteiger partial charge in [0.2, 0.25) is 0 Å². The average Bonchev–Trinajstić information content (AvgIpc) is 2.43. The molecule has 1 N–H and O–H groups in total. The lowest BCUT2D eigenvalue weighted by atomic mass is 9.91. The second-order valence-electron chi connectivity index (χ2n) is 5.53. The number of rotatable bonds is 3. The van der Waals surface area contributed by atoms with E-state index < -0.39 is 0 Å². The van der Waals surface area contributed by atoms with E-state index in [-0.39, 0.29) is 0 Å². The number of hydrogen-bond donors (Lipinski definition) is 1. The highest BCUT2D eigenvalue weighted by atomic mass is 15.4. The van der Waals surface area contributed by atoms with Gasteiger partial charge >= 0.3 is 0 Å². The third-order valence-electron chi connectivity index (χ3n) is 4.54.